The van der Waals surface area contributed by atoms with E-state index in [4.69, 9.17) is 9.47 Å². The Kier molecular flexibility index (Phi) is 2.74. The number of nitrogens with zero attached hydrogens (tertiary/aromatic N) is 1. The molecule has 0 amide bonds. The van der Waals surface area contributed by atoms with Gasteiger partial charge in [-0.05, 0) is 19.9 Å². The van der Waals surface area contributed by atoms with E-state index in [1.807, 2.05) is 6.92 Å². The molecule has 2 aliphatic heterocycles. The summed E-state index contributed by atoms with van der Waals surface area (Å²) in [5.74, 6) is 1.11. The Balaban J connectivity index is 1.97. The summed E-state index contributed by atoms with van der Waals surface area (Å²) in [7, 11) is 0. The predicted molar refractivity (Wildman–Crippen MR) is 72.3 cm³/mol. The maximum Gasteiger partial charge on any atom is 0.208 e. The summed E-state index contributed by atoms with van der Waals surface area (Å²) >= 11 is 0. The van der Waals surface area contributed by atoms with Gasteiger partial charge in [-0.15, -0.1) is 0 Å². The number of rotatable bonds is 3. The SMILES string of the molecule is CCN(CC)c1ccc2c(c1)O[C@@]1(C)C[C@@H]2CO1. The van der Waals surface area contributed by atoms with Crippen LogP contribution in [0, 0.1) is 0 Å². The second kappa shape index (κ2) is 4.16. The fourth-order valence-corrected chi connectivity index (χ4v) is 3.08. The molecule has 0 aromatic heterocycles. The van der Waals surface area contributed by atoms with Gasteiger partial charge in [0.05, 0.1) is 6.61 Å². The van der Waals surface area contributed by atoms with Crippen LogP contribution >= 0.6 is 0 Å². The van der Waals surface area contributed by atoms with E-state index in [2.05, 4.69) is 36.9 Å². The van der Waals surface area contributed by atoms with Crippen LogP contribution in [-0.4, -0.2) is 25.5 Å². The largest absolute Gasteiger partial charge is 0.462 e. The summed E-state index contributed by atoms with van der Waals surface area (Å²) in [6.07, 6.45) is 0.977. The molecule has 0 aliphatic carbocycles. The molecule has 0 unspecified atom stereocenters. The van der Waals surface area contributed by atoms with E-state index >= 15 is 0 Å². The van der Waals surface area contributed by atoms with Crippen molar-refractivity contribution in [3.05, 3.63) is 23.8 Å². The van der Waals surface area contributed by atoms with E-state index in [1.54, 1.807) is 0 Å². The van der Waals surface area contributed by atoms with E-state index in [1.165, 1.54) is 11.3 Å². The van der Waals surface area contributed by atoms with Crippen LogP contribution in [0.5, 0.6) is 5.75 Å². The van der Waals surface area contributed by atoms with Gasteiger partial charge in [0.15, 0.2) is 0 Å². The number of hydrogen-bond donors (Lipinski definition) is 0. The van der Waals surface area contributed by atoms with Crippen molar-refractivity contribution in [2.75, 3.05) is 24.6 Å². The summed E-state index contributed by atoms with van der Waals surface area (Å²) in [5.41, 5.74) is 2.55. The van der Waals surface area contributed by atoms with Crippen molar-refractivity contribution in [1.29, 1.82) is 0 Å². The van der Waals surface area contributed by atoms with E-state index < -0.39 is 5.79 Å². The van der Waals surface area contributed by atoms with Gasteiger partial charge in [-0.3, -0.25) is 0 Å². The van der Waals surface area contributed by atoms with Crippen LogP contribution in [0.3, 0.4) is 0 Å². The molecule has 18 heavy (non-hydrogen) atoms. The van der Waals surface area contributed by atoms with Crippen molar-refractivity contribution in [3.8, 4) is 5.75 Å². The molecule has 2 aliphatic rings. The van der Waals surface area contributed by atoms with Crippen molar-refractivity contribution in [3.63, 3.8) is 0 Å². The fourth-order valence-electron chi connectivity index (χ4n) is 3.08. The molecule has 0 radical (unpaired) electrons. The van der Waals surface area contributed by atoms with Crippen LogP contribution in [0.15, 0.2) is 18.2 Å². The van der Waals surface area contributed by atoms with Crippen molar-refractivity contribution < 1.29 is 9.47 Å². The zero-order valence-corrected chi connectivity index (χ0v) is 11.4. The topological polar surface area (TPSA) is 21.7 Å². The predicted octanol–water partition coefficient (Wildman–Crippen LogP) is 3.15. The van der Waals surface area contributed by atoms with E-state index in [0.29, 0.717) is 5.92 Å². The molecule has 0 spiro atoms. The Hall–Kier alpha value is -1.22. The smallest absolute Gasteiger partial charge is 0.208 e. The summed E-state index contributed by atoms with van der Waals surface area (Å²) < 4.78 is 11.8. The second-order valence-corrected chi connectivity index (χ2v) is 5.34. The quantitative estimate of drug-likeness (QED) is 0.819. The van der Waals surface area contributed by atoms with Crippen molar-refractivity contribution in [2.24, 2.45) is 0 Å². The lowest BCUT2D eigenvalue weighted by Gasteiger charge is -2.31. The van der Waals surface area contributed by atoms with E-state index in [0.717, 1.165) is 31.9 Å². The van der Waals surface area contributed by atoms with Crippen LogP contribution in [-0.2, 0) is 4.74 Å². The minimum absolute atomic E-state index is 0.403. The molecule has 3 heteroatoms. The Morgan fingerprint density at radius 2 is 2.11 bits per heavy atom. The maximum atomic E-state index is 6.04. The van der Waals surface area contributed by atoms with E-state index in [9.17, 15) is 0 Å². The van der Waals surface area contributed by atoms with Gasteiger partial charge in [0.2, 0.25) is 5.79 Å². The first kappa shape index (κ1) is 11.8. The highest BCUT2D eigenvalue weighted by atomic mass is 16.7. The highest BCUT2D eigenvalue weighted by molar-refractivity contribution is 5.55. The Morgan fingerprint density at radius 3 is 2.83 bits per heavy atom. The van der Waals surface area contributed by atoms with Crippen LogP contribution < -0.4 is 9.64 Å². The van der Waals surface area contributed by atoms with Gasteiger partial charge in [-0.25, -0.2) is 0 Å². The maximum absolute atomic E-state index is 6.04. The van der Waals surface area contributed by atoms with Gasteiger partial charge < -0.3 is 14.4 Å². The van der Waals surface area contributed by atoms with E-state index in [-0.39, 0.29) is 0 Å². The van der Waals surface area contributed by atoms with Crippen LogP contribution in [0.1, 0.15) is 38.7 Å². The molecular weight excluding hydrogens is 226 g/mol. The van der Waals surface area contributed by atoms with Crippen LogP contribution in [0.25, 0.3) is 0 Å². The first-order valence-electron chi connectivity index (χ1n) is 6.87. The van der Waals surface area contributed by atoms with Gasteiger partial charge in [0.25, 0.3) is 0 Å². The third-order valence-electron chi connectivity index (χ3n) is 4.10. The third-order valence-corrected chi connectivity index (χ3v) is 4.10. The molecule has 2 heterocycles. The van der Waals surface area contributed by atoms with Crippen molar-refractivity contribution in [1.82, 2.24) is 0 Å². The molecule has 2 atom stereocenters. The molecule has 0 saturated carbocycles. The molecular formula is C15H21NO2. The van der Waals surface area contributed by atoms with Gasteiger partial charge >= 0.3 is 0 Å². The zero-order valence-electron chi connectivity index (χ0n) is 11.4. The second-order valence-electron chi connectivity index (χ2n) is 5.34. The minimum atomic E-state index is -0.403. The number of ether oxygens (including phenoxy) is 2. The monoisotopic (exact) mass is 247 g/mol. The fraction of sp³-hybridized carbons (Fsp3) is 0.600. The standard InChI is InChI=1S/C15H21NO2/c1-4-16(5-2)12-6-7-13-11-9-15(3,17-10-11)18-14(13)8-12/h6-8,11H,4-5,9-10H2,1-3H3/t11-,15+/m1/s1. The van der Waals surface area contributed by atoms with Crippen molar-refractivity contribution >= 4 is 5.69 Å². The molecule has 3 rings (SSSR count). The molecule has 2 bridgehead atoms. The summed E-state index contributed by atoms with van der Waals surface area (Å²) in [6, 6.07) is 6.58. The highest BCUT2D eigenvalue weighted by Gasteiger charge is 2.44. The van der Waals surface area contributed by atoms with Gasteiger partial charge in [-0.2, -0.15) is 0 Å². The average molecular weight is 247 g/mol. The Labute approximate surface area is 109 Å². The Bertz CT molecular complexity index is 456. The number of anilines is 1. The summed E-state index contributed by atoms with van der Waals surface area (Å²) in [5, 5.41) is 0. The molecule has 3 nitrogen and oxygen atoms in total. The molecule has 98 valence electrons. The number of fused-ring (bicyclic) bond motifs is 4. The lowest BCUT2D eigenvalue weighted by Crippen LogP contribution is -2.33. The Morgan fingerprint density at radius 1 is 1.33 bits per heavy atom. The molecule has 1 saturated heterocycles. The first-order valence-corrected chi connectivity index (χ1v) is 6.87. The molecule has 0 N–H and O–H groups in total. The zero-order chi connectivity index (χ0) is 12.8. The number of hydrogen-bond acceptors (Lipinski definition) is 3. The van der Waals surface area contributed by atoms with Crippen molar-refractivity contribution in [2.45, 2.75) is 38.9 Å². The third kappa shape index (κ3) is 1.77. The van der Waals surface area contributed by atoms with Gasteiger partial charge in [-0.1, -0.05) is 6.07 Å². The lowest BCUT2D eigenvalue weighted by molar-refractivity contribution is -0.134. The summed E-state index contributed by atoms with van der Waals surface area (Å²) in [6.45, 7) is 9.23. The summed E-state index contributed by atoms with van der Waals surface area (Å²) in [4.78, 5) is 2.34. The van der Waals surface area contributed by atoms with Gasteiger partial charge in [0, 0.05) is 49.7 Å². The molecule has 1 aromatic carbocycles. The normalized spacial score (nSPS) is 28.7. The molecule has 1 fully saturated rings. The average Bonchev–Trinajstić information content (AvgIpc) is 2.67. The van der Waals surface area contributed by atoms with Crippen LogP contribution in [0.4, 0.5) is 5.69 Å². The molecule has 1 aromatic rings. The van der Waals surface area contributed by atoms with Crippen LogP contribution in [0.2, 0.25) is 0 Å². The lowest BCUT2D eigenvalue weighted by atomic mass is 9.91. The number of benzene rings is 1. The van der Waals surface area contributed by atoms with Gasteiger partial charge in [0.1, 0.15) is 5.75 Å². The first-order chi connectivity index (χ1) is 8.65. The highest BCUT2D eigenvalue weighted by Crippen LogP contribution is 2.47. The minimum Gasteiger partial charge on any atom is -0.462 e.